The zero-order valence-corrected chi connectivity index (χ0v) is 11.0. The van der Waals surface area contributed by atoms with Crippen molar-refractivity contribution in [3.05, 3.63) is 22.4 Å². The standard InChI is InChI=1S/C12H18N2O2S/c1-3-6-14(9-12(16)13-2)8-10(15)11-5-4-7-17-11/h4-5,7H,3,6,8-9H2,1-2H3,(H,13,16). The number of nitrogens with zero attached hydrogens (tertiary/aromatic N) is 1. The van der Waals surface area contributed by atoms with E-state index in [2.05, 4.69) is 5.32 Å². The van der Waals surface area contributed by atoms with E-state index in [1.54, 1.807) is 7.05 Å². The van der Waals surface area contributed by atoms with Gasteiger partial charge in [0.15, 0.2) is 5.78 Å². The summed E-state index contributed by atoms with van der Waals surface area (Å²) in [5.74, 6) is 0.0229. The molecule has 0 saturated carbocycles. The first-order valence-corrected chi connectivity index (χ1v) is 6.55. The van der Waals surface area contributed by atoms with Gasteiger partial charge in [-0.05, 0) is 24.4 Å². The van der Waals surface area contributed by atoms with Crippen molar-refractivity contribution in [2.24, 2.45) is 0 Å². The van der Waals surface area contributed by atoms with Gasteiger partial charge in [0.25, 0.3) is 0 Å². The zero-order valence-electron chi connectivity index (χ0n) is 10.2. The lowest BCUT2D eigenvalue weighted by atomic mass is 10.3. The Labute approximate surface area is 106 Å². The Balaban J connectivity index is 2.54. The molecule has 0 aliphatic rings. The molecule has 1 aromatic heterocycles. The van der Waals surface area contributed by atoms with Gasteiger partial charge >= 0.3 is 0 Å². The summed E-state index contributed by atoms with van der Waals surface area (Å²) in [5, 5.41) is 4.46. The normalized spacial score (nSPS) is 10.5. The first kappa shape index (κ1) is 13.9. The van der Waals surface area contributed by atoms with Crippen LogP contribution < -0.4 is 5.32 Å². The molecule has 0 aliphatic heterocycles. The Hall–Kier alpha value is -1.20. The van der Waals surface area contributed by atoms with Crippen molar-refractivity contribution < 1.29 is 9.59 Å². The molecule has 17 heavy (non-hydrogen) atoms. The number of thiophene rings is 1. The van der Waals surface area contributed by atoms with Crippen molar-refractivity contribution in [3.8, 4) is 0 Å². The lowest BCUT2D eigenvalue weighted by Gasteiger charge is -2.19. The third-order valence-electron chi connectivity index (χ3n) is 2.35. The van der Waals surface area contributed by atoms with Crippen LogP contribution in [0.3, 0.4) is 0 Å². The number of likely N-dealkylation sites (N-methyl/N-ethyl adjacent to an activating group) is 1. The highest BCUT2D eigenvalue weighted by atomic mass is 32.1. The van der Waals surface area contributed by atoms with E-state index in [0.29, 0.717) is 6.54 Å². The second-order valence-electron chi connectivity index (χ2n) is 3.78. The highest BCUT2D eigenvalue weighted by Gasteiger charge is 2.14. The van der Waals surface area contributed by atoms with E-state index in [9.17, 15) is 9.59 Å². The quantitative estimate of drug-likeness (QED) is 0.748. The highest BCUT2D eigenvalue weighted by Crippen LogP contribution is 2.10. The van der Waals surface area contributed by atoms with Crippen LogP contribution in [0.2, 0.25) is 0 Å². The van der Waals surface area contributed by atoms with Crippen molar-refractivity contribution in [3.63, 3.8) is 0 Å². The van der Waals surface area contributed by atoms with Crippen molar-refractivity contribution in [1.82, 2.24) is 10.2 Å². The molecule has 94 valence electrons. The molecule has 0 aromatic carbocycles. The van der Waals surface area contributed by atoms with Crippen LogP contribution in [-0.4, -0.2) is 43.3 Å². The van der Waals surface area contributed by atoms with Gasteiger partial charge in [-0.1, -0.05) is 13.0 Å². The number of Topliss-reactive ketones (excluding diaryl/α,β-unsaturated/α-hetero) is 1. The second kappa shape index (κ2) is 7.19. The van der Waals surface area contributed by atoms with Gasteiger partial charge in [0.1, 0.15) is 0 Å². The molecule has 0 unspecified atom stereocenters. The smallest absolute Gasteiger partial charge is 0.233 e. The third kappa shape index (κ3) is 4.66. The molecule has 0 saturated heterocycles. The van der Waals surface area contributed by atoms with Gasteiger partial charge < -0.3 is 5.32 Å². The summed E-state index contributed by atoms with van der Waals surface area (Å²) >= 11 is 1.44. The Morgan fingerprint density at radius 2 is 2.18 bits per heavy atom. The minimum Gasteiger partial charge on any atom is -0.358 e. The van der Waals surface area contributed by atoms with Crippen molar-refractivity contribution in [2.45, 2.75) is 13.3 Å². The van der Waals surface area contributed by atoms with Gasteiger partial charge in [-0.25, -0.2) is 0 Å². The molecule has 1 aromatic rings. The summed E-state index contributed by atoms with van der Waals surface area (Å²) < 4.78 is 0. The lowest BCUT2D eigenvalue weighted by Crippen LogP contribution is -2.38. The molecule has 1 rings (SSSR count). The first-order valence-electron chi connectivity index (χ1n) is 5.67. The SMILES string of the molecule is CCCN(CC(=O)NC)CC(=O)c1cccs1. The molecular weight excluding hydrogens is 236 g/mol. The van der Waals surface area contributed by atoms with Crippen LogP contribution in [0.15, 0.2) is 17.5 Å². The number of rotatable bonds is 7. The summed E-state index contributed by atoms with van der Waals surface area (Å²) in [6, 6.07) is 3.68. The average molecular weight is 254 g/mol. The maximum absolute atomic E-state index is 11.9. The van der Waals surface area contributed by atoms with Gasteiger partial charge in [-0.15, -0.1) is 11.3 Å². The van der Waals surface area contributed by atoms with Crippen molar-refractivity contribution in [2.75, 3.05) is 26.7 Å². The van der Waals surface area contributed by atoms with Crippen molar-refractivity contribution >= 4 is 23.0 Å². The van der Waals surface area contributed by atoms with Crippen LogP contribution in [0.4, 0.5) is 0 Å². The lowest BCUT2D eigenvalue weighted by molar-refractivity contribution is -0.121. The van der Waals surface area contributed by atoms with Crippen LogP contribution in [0.5, 0.6) is 0 Å². The number of nitrogens with one attached hydrogen (secondary N) is 1. The maximum atomic E-state index is 11.9. The number of carbonyl (C=O) groups is 2. The molecule has 5 heteroatoms. The monoisotopic (exact) mass is 254 g/mol. The van der Waals surface area contributed by atoms with Crippen LogP contribution in [-0.2, 0) is 4.79 Å². The number of amides is 1. The van der Waals surface area contributed by atoms with E-state index in [4.69, 9.17) is 0 Å². The summed E-state index contributed by atoms with van der Waals surface area (Å²) in [7, 11) is 1.60. The summed E-state index contributed by atoms with van der Waals surface area (Å²) in [4.78, 5) is 25.8. The molecule has 0 radical (unpaired) electrons. The Bertz CT molecular complexity index is 363. The molecule has 4 nitrogen and oxygen atoms in total. The average Bonchev–Trinajstić information content (AvgIpc) is 2.82. The van der Waals surface area contributed by atoms with Gasteiger partial charge in [0.2, 0.25) is 5.91 Å². The van der Waals surface area contributed by atoms with Crippen LogP contribution in [0.25, 0.3) is 0 Å². The summed E-state index contributed by atoms with van der Waals surface area (Å²) in [6.07, 6.45) is 0.925. The second-order valence-corrected chi connectivity index (χ2v) is 4.73. The van der Waals surface area contributed by atoms with Gasteiger partial charge in [-0.2, -0.15) is 0 Å². The minimum absolute atomic E-state index is 0.0579. The third-order valence-corrected chi connectivity index (χ3v) is 3.26. The van der Waals surface area contributed by atoms with E-state index >= 15 is 0 Å². The fourth-order valence-corrected chi connectivity index (χ4v) is 2.19. The number of hydrogen-bond acceptors (Lipinski definition) is 4. The molecule has 1 N–H and O–H groups in total. The molecular formula is C12H18N2O2S. The number of hydrogen-bond donors (Lipinski definition) is 1. The fourth-order valence-electron chi connectivity index (χ4n) is 1.53. The van der Waals surface area contributed by atoms with E-state index in [-0.39, 0.29) is 18.2 Å². The van der Waals surface area contributed by atoms with E-state index in [1.807, 2.05) is 29.3 Å². The predicted molar refractivity (Wildman–Crippen MR) is 69.4 cm³/mol. The molecule has 0 fully saturated rings. The Morgan fingerprint density at radius 3 is 2.71 bits per heavy atom. The minimum atomic E-state index is -0.0579. The summed E-state index contributed by atoms with van der Waals surface area (Å²) in [5.41, 5.74) is 0. The van der Waals surface area contributed by atoms with Gasteiger partial charge in [0.05, 0.1) is 18.0 Å². The fraction of sp³-hybridized carbons (Fsp3) is 0.500. The van der Waals surface area contributed by atoms with Crippen LogP contribution in [0.1, 0.15) is 23.0 Å². The number of carbonyl (C=O) groups excluding carboxylic acids is 2. The molecule has 0 bridgehead atoms. The molecule has 0 spiro atoms. The Kier molecular flexibility index (Phi) is 5.86. The predicted octanol–water partition coefficient (Wildman–Crippen LogP) is 1.39. The Morgan fingerprint density at radius 1 is 1.41 bits per heavy atom. The van der Waals surface area contributed by atoms with E-state index in [1.165, 1.54) is 11.3 Å². The maximum Gasteiger partial charge on any atom is 0.233 e. The van der Waals surface area contributed by atoms with Gasteiger partial charge in [0, 0.05) is 7.05 Å². The molecule has 0 aliphatic carbocycles. The highest BCUT2D eigenvalue weighted by molar-refractivity contribution is 7.12. The van der Waals surface area contributed by atoms with Crippen LogP contribution >= 0.6 is 11.3 Å². The van der Waals surface area contributed by atoms with Crippen LogP contribution in [0, 0.1) is 0 Å². The number of ketones is 1. The van der Waals surface area contributed by atoms with Crippen molar-refractivity contribution in [1.29, 1.82) is 0 Å². The molecule has 1 heterocycles. The topological polar surface area (TPSA) is 49.4 Å². The zero-order chi connectivity index (χ0) is 12.7. The van der Waals surface area contributed by atoms with E-state index in [0.717, 1.165) is 17.8 Å². The molecule has 1 amide bonds. The van der Waals surface area contributed by atoms with Gasteiger partial charge in [-0.3, -0.25) is 14.5 Å². The molecule has 0 atom stereocenters. The van der Waals surface area contributed by atoms with E-state index < -0.39 is 0 Å². The summed E-state index contributed by atoms with van der Waals surface area (Å²) in [6.45, 7) is 3.38. The first-order chi connectivity index (χ1) is 8.17. The largest absolute Gasteiger partial charge is 0.358 e.